The summed E-state index contributed by atoms with van der Waals surface area (Å²) in [5.74, 6) is -6.83. The summed E-state index contributed by atoms with van der Waals surface area (Å²) in [6.07, 6.45) is 2.07. The molecule has 0 atom stereocenters. The molecule has 0 spiro atoms. The first-order valence-electron chi connectivity index (χ1n) is 13.6. The average Bonchev–Trinajstić information content (AvgIpc) is 3.02. The number of carbonyl (C=O) groups is 2. The number of amides is 1. The maximum Gasteiger partial charge on any atom is 0.294 e. The van der Waals surface area contributed by atoms with Crippen LogP contribution in [0.3, 0.4) is 0 Å². The molecule has 220 valence electrons. The molecule has 2 heterocycles. The second-order valence-corrected chi connectivity index (χ2v) is 10.2. The van der Waals surface area contributed by atoms with E-state index in [9.17, 15) is 32.7 Å². The molecule has 1 aliphatic rings. The van der Waals surface area contributed by atoms with E-state index in [1.54, 1.807) is 24.3 Å². The Hall–Kier alpha value is -5.12. The molecule has 1 amide bonds. The molecule has 1 fully saturated rings. The van der Waals surface area contributed by atoms with E-state index >= 15 is 0 Å². The summed E-state index contributed by atoms with van der Waals surface area (Å²) >= 11 is 0. The first-order chi connectivity index (χ1) is 20.7. The topological polar surface area (TPSA) is 82.8 Å². The molecule has 7 nitrogen and oxygen atoms in total. The van der Waals surface area contributed by atoms with E-state index < -0.39 is 40.5 Å². The second kappa shape index (κ2) is 12.8. The summed E-state index contributed by atoms with van der Waals surface area (Å²) < 4.78 is 42.5. The number of hydrogen-bond donors (Lipinski definition) is 1. The van der Waals surface area contributed by atoms with Gasteiger partial charge in [-0.25, -0.2) is 13.2 Å². The number of anilines is 1. The molecule has 0 unspecified atom stereocenters. The molecule has 1 N–H and O–H groups in total. The average molecular weight is 588 g/mol. The van der Waals surface area contributed by atoms with Gasteiger partial charge in [-0.15, -0.1) is 0 Å². The summed E-state index contributed by atoms with van der Waals surface area (Å²) in [5, 5.41) is 10.9. The number of hydrogen-bond acceptors (Lipinski definition) is 5. The zero-order valence-electron chi connectivity index (χ0n) is 23.1. The minimum Gasteiger partial charge on any atom is -0.507 e. The van der Waals surface area contributed by atoms with E-state index in [2.05, 4.69) is 4.90 Å². The third kappa shape index (κ3) is 6.86. The van der Waals surface area contributed by atoms with Gasteiger partial charge in [0.15, 0.2) is 17.5 Å². The number of benzene rings is 3. The molecule has 3 aromatic carbocycles. The van der Waals surface area contributed by atoms with E-state index in [0.717, 1.165) is 29.5 Å². The van der Waals surface area contributed by atoms with Crippen LogP contribution in [0.1, 0.15) is 22.3 Å². The van der Waals surface area contributed by atoms with Crippen LogP contribution in [0, 0.1) is 17.5 Å². The van der Waals surface area contributed by atoms with Crippen molar-refractivity contribution in [3.63, 3.8) is 0 Å². The van der Waals surface area contributed by atoms with Crippen molar-refractivity contribution in [2.75, 3.05) is 31.1 Å². The van der Waals surface area contributed by atoms with E-state index in [4.69, 9.17) is 0 Å². The smallest absolute Gasteiger partial charge is 0.294 e. The molecular weight excluding hydrogens is 559 g/mol. The number of aliphatic hydroxyl groups excluding tert-OH is 1. The molecule has 1 aliphatic heterocycles. The SMILES string of the molecule is O=C(C=C(O)c1cc(Cc2cc(F)c(F)c(F)c2)cn(Cc2ccccc2)c1=O)C(=O)N1CCN(c2ccccc2)CC1. The largest absolute Gasteiger partial charge is 0.507 e. The van der Waals surface area contributed by atoms with Crippen LogP contribution in [0.2, 0.25) is 0 Å². The summed E-state index contributed by atoms with van der Waals surface area (Å²) in [4.78, 5) is 42.7. The summed E-state index contributed by atoms with van der Waals surface area (Å²) in [6.45, 7) is 1.75. The van der Waals surface area contributed by atoms with Crippen LogP contribution >= 0.6 is 0 Å². The highest BCUT2D eigenvalue weighted by molar-refractivity contribution is 6.41. The van der Waals surface area contributed by atoms with E-state index in [1.165, 1.54) is 21.7 Å². The highest BCUT2D eigenvalue weighted by atomic mass is 19.2. The van der Waals surface area contributed by atoms with Crippen molar-refractivity contribution in [2.24, 2.45) is 0 Å². The van der Waals surface area contributed by atoms with Crippen molar-refractivity contribution in [3.8, 4) is 0 Å². The van der Waals surface area contributed by atoms with Gasteiger partial charge in [0.25, 0.3) is 11.5 Å². The van der Waals surface area contributed by atoms with Gasteiger partial charge in [-0.2, -0.15) is 0 Å². The summed E-state index contributed by atoms with van der Waals surface area (Å²) in [5.41, 5.74) is 1.30. The quantitative estimate of drug-likeness (QED) is 0.140. The Balaban J connectivity index is 1.39. The lowest BCUT2D eigenvalue weighted by atomic mass is 10.0. The number of para-hydroxylation sites is 1. The van der Waals surface area contributed by atoms with Crippen LogP contribution in [0.25, 0.3) is 5.76 Å². The van der Waals surface area contributed by atoms with Crippen LogP contribution in [-0.4, -0.2) is 52.4 Å². The predicted molar refractivity (Wildman–Crippen MR) is 156 cm³/mol. The highest BCUT2D eigenvalue weighted by Gasteiger charge is 2.26. The molecular formula is C33H28F3N3O4. The third-order valence-corrected chi connectivity index (χ3v) is 7.23. The molecule has 0 radical (unpaired) electrons. The lowest BCUT2D eigenvalue weighted by Gasteiger charge is -2.35. The molecule has 43 heavy (non-hydrogen) atoms. The normalized spacial score (nSPS) is 13.7. The van der Waals surface area contributed by atoms with Crippen LogP contribution in [0.5, 0.6) is 0 Å². The number of ketones is 1. The second-order valence-electron chi connectivity index (χ2n) is 10.2. The molecule has 0 bridgehead atoms. The fourth-order valence-electron chi connectivity index (χ4n) is 5.05. The Morgan fingerprint density at radius 2 is 1.40 bits per heavy atom. The van der Waals surface area contributed by atoms with Gasteiger partial charge in [-0.1, -0.05) is 48.5 Å². The van der Waals surface area contributed by atoms with Gasteiger partial charge in [-0.3, -0.25) is 14.4 Å². The Labute approximate surface area is 245 Å². The number of halogens is 3. The van der Waals surface area contributed by atoms with E-state index in [0.29, 0.717) is 31.7 Å². The molecule has 0 aliphatic carbocycles. The van der Waals surface area contributed by atoms with Gasteiger partial charge in [0.05, 0.1) is 12.1 Å². The van der Waals surface area contributed by atoms with Crippen LogP contribution in [0.15, 0.2) is 95.9 Å². The van der Waals surface area contributed by atoms with Gasteiger partial charge < -0.3 is 19.5 Å². The summed E-state index contributed by atoms with van der Waals surface area (Å²) in [6, 6.07) is 21.6. The monoisotopic (exact) mass is 587 g/mol. The van der Waals surface area contributed by atoms with Crippen LogP contribution in [0.4, 0.5) is 18.9 Å². The van der Waals surface area contributed by atoms with E-state index in [1.807, 2.05) is 36.4 Å². The van der Waals surface area contributed by atoms with Crippen molar-refractivity contribution in [1.29, 1.82) is 0 Å². The first-order valence-corrected chi connectivity index (χ1v) is 13.6. The fourth-order valence-corrected chi connectivity index (χ4v) is 5.05. The molecule has 0 saturated carbocycles. The first kappa shape index (κ1) is 29.4. The van der Waals surface area contributed by atoms with Crippen molar-refractivity contribution in [1.82, 2.24) is 9.47 Å². The number of carbonyl (C=O) groups excluding carboxylic acids is 2. The van der Waals surface area contributed by atoms with E-state index in [-0.39, 0.29) is 24.1 Å². The van der Waals surface area contributed by atoms with Crippen LogP contribution in [-0.2, 0) is 22.6 Å². The highest BCUT2D eigenvalue weighted by Crippen LogP contribution is 2.20. The zero-order chi connectivity index (χ0) is 30.5. The minimum atomic E-state index is -1.59. The van der Waals surface area contributed by atoms with Gasteiger partial charge >= 0.3 is 0 Å². The van der Waals surface area contributed by atoms with Crippen molar-refractivity contribution in [2.45, 2.75) is 13.0 Å². The van der Waals surface area contributed by atoms with Gasteiger partial charge in [0.1, 0.15) is 5.76 Å². The third-order valence-electron chi connectivity index (χ3n) is 7.23. The Bertz CT molecular complexity index is 1710. The van der Waals surface area contributed by atoms with Crippen LogP contribution < -0.4 is 10.5 Å². The molecule has 10 heteroatoms. The standard InChI is InChI=1S/C33H28F3N3O4/c34-27-17-23(18-28(35)31(27)36)15-24-16-26(32(42)39(21-24)20-22-7-3-1-4-8-22)29(40)19-30(41)33(43)38-13-11-37(12-14-38)25-9-5-2-6-10-25/h1-10,16-19,21,40H,11-15,20H2. The number of aromatic nitrogens is 1. The predicted octanol–water partition coefficient (Wildman–Crippen LogP) is 4.72. The maximum atomic E-state index is 13.9. The fraction of sp³-hybridized carbons (Fsp3) is 0.182. The van der Waals surface area contributed by atoms with Crippen molar-refractivity contribution in [3.05, 3.63) is 141 Å². The number of nitrogens with zero attached hydrogens (tertiary/aromatic N) is 3. The molecule has 4 aromatic rings. The van der Waals surface area contributed by atoms with Crippen molar-refractivity contribution >= 4 is 23.1 Å². The summed E-state index contributed by atoms with van der Waals surface area (Å²) in [7, 11) is 0. The van der Waals surface area contributed by atoms with Gasteiger partial charge in [-0.05, 0) is 53.4 Å². The number of piperazine rings is 1. The minimum absolute atomic E-state index is 0.0941. The maximum absolute atomic E-state index is 13.9. The molecule has 1 aromatic heterocycles. The number of pyridine rings is 1. The zero-order valence-corrected chi connectivity index (χ0v) is 23.1. The van der Waals surface area contributed by atoms with Gasteiger partial charge in [0.2, 0.25) is 5.78 Å². The molecule has 1 saturated heterocycles. The molecule has 5 rings (SSSR count). The van der Waals surface area contributed by atoms with Crippen molar-refractivity contribution < 1.29 is 27.9 Å². The number of rotatable bonds is 8. The lowest BCUT2D eigenvalue weighted by Crippen LogP contribution is -2.50. The number of aliphatic hydroxyl groups is 1. The lowest BCUT2D eigenvalue weighted by molar-refractivity contribution is -0.142. The van der Waals surface area contributed by atoms with Gasteiger partial charge in [0, 0.05) is 44.1 Å². The Kier molecular flexibility index (Phi) is 8.75. The Morgan fingerprint density at radius 1 is 0.791 bits per heavy atom. The Morgan fingerprint density at radius 3 is 2.02 bits per heavy atom.